The first kappa shape index (κ1) is 22.4. The second-order valence-electron chi connectivity index (χ2n) is 6.72. The van der Waals surface area contributed by atoms with Crippen LogP contribution in [0.2, 0.25) is 5.02 Å². The van der Waals surface area contributed by atoms with Crippen molar-refractivity contribution in [3.8, 4) is 5.75 Å². The molecule has 2 amide bonds. The molecular weight excluding hydrogens is 436 g/mol. The maximum Gasteiger partial charge on any atom is 0.312 e. The number of nitrogens with one attached hydrogen (secondary N) is 2. The molecule has 0 radical (unpaired) electrons. The number of carbonyl (C=O) groups excluding carboxylic acids is 2. The lowest BCUT2D eigenvalue weighted by Gasteiger charge is -2.07. The highest BCUT2D eigenvalue weighted by atomic mass is 35.5. The van der Waals surface area contributed by atoms with Crippen LogP contribution in [0.15, 0.2) is 65.8 Å². The summed E-state index contributed by atoms with van der Waals surface area (Å²) in [6.45, 7) is 1.88. The molecule has 0 aromatic heterocycles. The molecule has 32 heavy (non-hydrogen) atoms. The lowest BCUT2D eigenvalue weighted by atomic mass is 10.1. The minimum absolute atomic E-state index is 0.0272. The average molecular weight is 453 g/mol. The van der Waals surface area contributed by atoms with Crippen LogP contribution in [0.1, 0.15) is 31.8 Å². The number of rotatable bonds is 6. The standard InChI is InChI=1S/C22H17ClN4O5/c1-13-4-2-5-14(8-13)21(29)25-18-7-3-6-15(10-18)22(30)26-24-12-16-9-17(23)11-19(20(16)28)27(31)32/h2-12,28H,1H3,(H,25,29)(H,26,30)/b24-12-. The monoisotopic (exact) mass is 452 g/mol. The number of benzene rings is 3. The molecule has 0 aliphatic heterocycles. The van der Waals surface area contributed by atoms with Crippen LogP contribution in [0, 0.1) is 17.0 Å². The molecule has 3 N–H and O–H groups in total. The molecular formula is C22H17ClN4O5. The number of nitro benzene ring substituents is 1. The van der Waals surface area contributed by atoms with Crippen LogP contribution >= 0.6 is 11.6 Å². The largest absolute Gasteiger partial charge is 0.502 e. The Kier molecular flexibility index (Phi) is 6.81. The van der Waals surface area contributed by atoms with Gasteiger partial charge in [-0.1, -0.05) is 35.4 Å². The van der Waals surface area contributed by atoms with E-state index in [1.54, 1.807) is 30.3 Å². The van der Waals surface area contributed by atoms with E-state index in [1.165, 1.54) is 18.2 Å². The van der Waals surface area contributed by atoms with Crippen LogP contribution in [0.25, 0.3) is 0 Å². The van der Waals surface area contributed by atoms with Gasteiger partial charge in [0.05, 0.1) is 11.1 Å². The maximum atomic E-state index is 12.4. The van der Waals surface area contributed by atoms with Crippen molar-refractivity contribution in [1.29, 1.82) is 0 Å². The van der Waals surface area contributed by atoms with E-state index >= 15 is 0 Å². The van der Waals surface area contributed by atoms with Gasteiger partial charge in [0.15, 0.2) is 0 Å². The van der Waals surface area contributed by atoms with Crippen LogP contribution in [0.5, 0.6) is 5.75 Å². The molecule has 0 heterocycles. The summed E-state index contributed by atoms with van der Waals surface area (Å²) < 4.78 is 0. The molecule has 0 spiro atoms. The van der Waals surface area contributed by atoms with Crippen molar-refractivity contribution >= 4 is 41.0 Å². The number of halogens is 1. The number of aryl methyl sites for hydroxylation is 1. The third-order valence-corrected chi connectivity index (χ3v) is 4.53. The highest BCUT2D eigenvalue weighted by Crippen LogP contribution is 2.32. The van der Waals surface area contributed by atoms with Gasteiger partial charge in [-0.2, -0.15) is 5.10 Å². The van der Waals surface area contributed by atoms with Gasteiger partial charge >= 0.3 is 5.69 Å². The second-order valence-corrected chi connectivity index (χ2v) is 7.16. The minimum atomic E-state index is -0.784. The zero-order valence-electron chi connectivity index (χ0n) is 16.7. The molecule has 0 unspecified atom stereocenters. The molecule has 0 aliphatic rings. The molecule has 162 valence electrons. The Morgan fingerprint density at radius 1 is 1.06 bits per heavy atom. The Labute approximate surface area is 187 Å². The van der Waals surface area contributed by atoms with E-state index in [-0.39, 0.29) is 22.1 Å². The lowest BCUT2D eigenvalue weighted by molar-refractivity contribution is -0.385. The van der Waals surface area contributed by atoms with Gasteiger partial charge in [0.25, 0.3) is 11.8 Å². The Balaban J connectivity index is 1.70. The van der Waals surface area contributed by atoms with E-state index in [1.807, 2.05) is 13.0 Å². The van der Waals surface area contributed by atoms with Crippen molar-refractivity contribution in [2.45, 2.75) is 6.92 Å². The van der Waals surface area contributed by atoms with Crippen LogP contribution in [-0.2, 0) is 0 Å². The number of anilines is 1. The molecule has 3 aromatic rings. The van der Waals surface area contributed by atoms with Crippen molar-refractivity contribution in [3.63, 3.8) is 0 Å². The van der Waals surface area contributed by atoms with Crippen LogP contribution in [0.3, 0.4) is 0 Å². The van der Waals surface area contributed by atoms with Gasteiger partial charge < -0.3 is 10.4 Å². The minimum Gasteiger partial charge on any atom is -0.502 e. The Morgan fingerprint density at radius 3 is 2.44 bits per heavy atom. The lowest BCUT2D eigenvalue weighted by Crippen LogP contribution is -2.18. The van der Waals surface area contributed by atoms with Gasteiger partial charge in [0.1, 0.15) is 0 Å². The molecule has 3 aromatic carbocycles. The number of aromatic hydroxyl groups is 1. The summed E-state index contributed by atoms with van der Waals surface area (Å²) in [4.78, 5) is 34.9. The van der Waals surface area contributed by atoms with Gasteiger partial charge in [-0.15, -0.1) is 0 Å². The number of amides is 2. The van der Waals surface area contributed by atoms with Crippen LogP contribution in [-0.4, -0.2) is 28.1 Å². The van der Waals surface area contributed by atoms with E-state index in [0.717, 1.165) is 17.8 Å². The number of phenolic OH excluding ortho intramolecular Hbond substituents is 1. The first-order valence-electron chi connectivity index (χ1n) is 9.23. The van der Waals surface area contributed by atoms with Crippen molar-refractivity contribution in [2.24, 2.45) is 5.10 Å². The fourth-order valence-electron chi connectivity index (χ4n) is 2.80. The molecule has 0 saturated heterocycles. The highest BCUT2D eigenvalue weighted by molar-refractivity contribution is 6.31. The number of hydrogen-bond donors (Lipinski definition) is 3. The highest BCUT2D eigenvalue weighted by Gasteiger charge is 2.18. The smallest absolute Gasteiger partial charge is 0.312 e. The van der Waals surface area contributed by atoms with Gasteiger partial charge in [0.2, 0.25) is 5.75 Å². The third kappa shape index (κ3) is 5.46. The molecule has 9 nitrogen and oxygen atoms in total. The zero-order valence-corrected chi connectivity index (χ0v) is 17.5. The van der Waals surface area contributed by atoms with Crippen molar-refractivity contribution in [1.82, 2.24) is 5.43 Å². The molecule has 3 rings (SSSR count). The Morgan fingerprint density at radius 2 is 1.75 bits per heavy atom. The SMILES string of the molecule is Cc1cccc(C(=O)Nc2cccc(C(=O)N/N=C\c3cc(Cl)cc([N+](=O)[O-])c3O)c2)c1. The molecule has 0 fully saturated rings. The summed E-state index contributed by atoms with van der Waals surface area (Å²) in [7, 11) is 0. The predicted octanol–water partition coefficient (Wildman–Crippen LogP) is 4.28. The first-order valence-corrected chi connectivity index (χ1v) is 9.61. The third-order valence-electron chi connectivity index (χ3n) is 4.31. The predicted molar refractivity (Wildman–Crippen MR) is 120 cm³/mol. The first-order chi connectivity index (χ1) is 15.2. The number of hydrogen-bond acceptors (Lipinski definition) is 6. The van der Waals surface area contributed by atoms with Crippen molar-refractivity contribution < 1.29 is 19.6 Å². The van der Waals surface area contributed by atoms with Gasteiger partial charge in [-0.05, 0) is 43.3 Å². The van der Waals surface area contributed by atoms with Crippen molar-refractivity contribution in [2.75, 3.05) is 5.32 Å². The summed E-state index contributed by atoms with van der Waals surface area (Å²) >= 11 is 5.82. The maximum absolute atomic E-state index is 12.4. The van der Waals surface area contributed by atoms with Crippen molar-refractivity contribution in [3.05, 3.63) is 98.1 Å². The fourth-order valence-corrected chi connectivity index (χ4v) is 3.02. The Hall–Kier alpha value is -4.24. The number of phenols is 1. The molecule has 10 heteroatoms. The van der Waals surface area contributed by atoms with Gasteiger partial charge in [-0.3, -0.25) is 19.7 Å². The molecule has 0 atom stereocenters. The van der Waals surface area contributed by atoms with E-state index in [2.05, 4.69) is 15.8 Å². The number of carbonyl (C=O) groups is 2. The number of hydrazone groups is 1. The summed E-state index contributed by atoms with van der Waals surface area (Å²) in [5.74, 6) is -1.54. The van der Waals surface area contributed by atoms with Crippen LogP contribution < -0.4 is 10.7 Å². The normalized spacial score (nSPS) is 10.7. The number of nitrogens with zero attached hydrogens (tertiary/aromatic N) is 2. The van der Waals surface area contributed by atoms with Gasteiger partial charge in [-0.25, -0.2) is 5.43 Å². The summed E-state index contributed by atoms with van der Waals surface area (Å²) in [5, 5.41) is 27.4. The Bertz CT molecular complexity index is 1240. The quantitative estimate of drug-likeness (QED) is 0.291. The van der Waals surface area contributed by atoms with Crippen LogP contribution in [0.4, 0.5) is 11.4 Å². The number of nitro groups is 1. The summed E-state index contributed by atoms with van der Waals surface area (Å²) in [6, 6.07) is 15.6. The second kappa shape index (κ2) is 9.71. The molecule has 0 bridgehead atoms. The van der Waals surface area contributed by atoms with E-state index in [4.69, 9.17) is 11.6 Å². The van der Waals surface area contributed by atoms with E-state index in [0.29, 0.717) is 11.3 Å². The summed E-state index contributed by atoms with van der Waals surface area (Å²) in [6.07, 6.45) is 1.04. The molecule has 0 saturated carbocycles. The summed E-state index contributed by atoms with van der Waals surface area (Å²) in [5.41, 5.74) is 3.69. The zero-order chi connectivity index (χ0) is 23.3. The average Bonchev–Trinajstić information content (AvgIpc) is 2.75. The van der Waals surface area contributed by atoms with Gasteiger partial charge in [0, 0.05) is 33.5 Å². The van der Waals surface area contributed by atoms with E-state index < -0.39 is 22.3 Å². The fraction of sp³-hybridized carbons (Fsp3) is 0.0455. The topological polar surface area (TPSA) is 134 Å². The molecule has 0 aliphatic carbocycles. The van der Waals surface area contributed by atoms with E-state index in [9.17, 15) is 24.8 Å².